The van der Waals surface area contributed by atoms with E-state index in [4.69, 9.17) is 14.2 Å². The first kappa shape index (κ1) is 33.5. The molecule has 2 aliphatic rings. The van der Waals surface area contributed by atoms with Gasteiger partial charge in [0.05, 0.1) is 19.3 Å². The van der Waals surface area contributed by atoms with Crippen LogP contribution in [0, 0.1) is 0 Å². The van der Waals surface area contributed by atoms with Crippen LogP contribution in [-0.4, -0.2) is 80.0 Å². The van der Waals surface area contributed by atoms with Gasteiger partial charge in [0, 0.05) is 43.2 Å². The van der Waals surface area contributed by atoms with E-state index in [0.29, 0.717) is 62.9 Å². The number of nitrogens with zero attached hydrogens (tertiary/aromatic N) is 1. The SMILES string of the molecule is CCCN(CCC)C(=O)c1cccc(C(=O)N[C@@H](Cc2ccccc2)[C@@H](CNC2CCCCC2)OC(=O)OC2CCOC2)c1. The Balaban J connectivity index is 1.55. The average molecular weight is 608 g/mol. The van der Waals surface area contributed by atoms with E-state index in [9.17, 15) is 14.4 Å². The van der Waals surface area contributed by atoms with Crippen LogP contribution in [0.25, 0.3) is 0 Å². The van der Waals surface area contributed by atoms with Gasteiger partial charge in [-0.25, -0.2) is 4.79 Å². The lowest BCUT2D eigenvalue weighted by Gasteiger charge is -2.31. The van der Waals surface area contributed by atoms with Crippen molar-refractivity contribution in [1.82, 2.24) is 15.5 Å². The molecule has 2 aromatic carbocycles. The molecule has 44 heavy (non-hydrogen) atoms. The quantitative estimate of drug-likeness (QED) is 0.257. The van der Waals surface area contributed by atoms with E-state index >= 15 is 0 Å². The Morgan fingerprint density at radius 1 is 0.932 bits per heavy atom. The first-order valence-corrected chi connectivity index (χ1v) is 16.4. The van der Waals surface area contributed by atoms with Crippen molar-refractivity contribution in [3.63, 3.8) is 0 Å². The molecule has 240 valence electrons. The van der Waals surface area contributed by atoms with Gasteiger partial charge in [-0.15, -0.1) is 0 Å². The molecule has 0 bridgehead atoms. The molecule has 4 rings (SSSR count). The molecule has 0 radical (unpaired) electrons. The molecule has 2 aromatic rings. The van der Waals surface area contributed by atoms with Crippen LogP contribution in [0.2, 0.25) is 0 Å². The first-order chi connectivity index (χ1) is 21.5. The molecule has 0 aromatic heterocycles. The number of carbonyl (C=O) groups excluding carboxylic acids is 3. The van der Waals surface area contributed by atoms with E-state index in [0.717, 1.165) is 31.2 Å². The zero-order valence-electron chi connectivity index (χ0n) is 26.3. The van der Waals surface area contributed by atoms with E-state index in [1.807, 2.05) is 49.1 Å². The molecule has 1 aliphatic heterocycles. The van der Waals surface area contributed by atoms with Gasteiger partial charge in [0.1, 0.15) is 12.2 Å². The number of rotatable bonds is 15. The minimum absolute atomic E-state index is 0.0827. The van der Waals surface area contributed by atoms with E-state index in [2.05, 4.69) is 10.6 Å². The van der Waals surface area contributed by atoms with Crippen molar-refractivity contribution in [2.45, 2.75) is 95.9 Å². The summed E-state index contributed by atoms with van der Waals surface area (Å²) in [5, 5.41) is 6.75. The van der Waals surface area contributed by atoms with Crippen LogP contribution in [0.1, 0.15) is 91.5 Å². The average Bonchev–Trinajstić information content (AvgIpc) is 3.56. The maximum Gasteiger partial charge on any atom is 0.509 e. The van der Waals surface area contributed by atoms with Crippen LogP contribution in [0.15, 0.2) is 54.6 Å². The third-order valence-electron chi connectivity index (χ3n) is 8.32. The Hall–Kier alpha value is -3.43. The number of hydrogen-bond acceptors (Lipinski definition) is 7. The monoisotopic (exact) mass is 607 g/mol. The fraction of sp³-hybridized carbons (Fsp3) is 0.571. The number of carbonyl (C=O) groups is 3. The van der Waals surface area contributed by atoms with Crippen LogP contribution in [0.5, 0.6) is 0 Å². The Bertz CT molecular complexity index is 1170. The van der Waals surface area contributed by atoms with Gasteiger partial charge in [-0.1, -0.05) is 69.5 Å². The van der Waals surface area contributed by atoms with E-state index in [-0.39, 0.29) is 17.9 Å². The van der Waals surface area contributed by atoms with E-state index < -0.39 is 18.3 Å². The van der Waals surface area contributed by atoms with E-state index in [1.54, 1.807) is 24.3 Å². The van der Waals surface area contributed by atoms with Crippen molar-refractivity contribution >= 4 is 18.0 Å². The lowest BCUT2D eigenvalue weighted by atomic mass is 9.94. The number of ether oxygens (including phenoxy) is 3. The molecule has 1 saturated heterocycles. The summed E-state index contributed by atoms with van der Waals surface area (Å²) in [5.74, 6) is -0.414. The van der Waals surface area contributed by atoms with Crippen molar-refractivity contribution in [3.05, 3.63) is 71.3 Å². The largest absolute Gasteiger partial charge is 0.509 e. The van der Waals surface area contributed by atoms with Gasteiger partial charge >= 0.3 is 6.16 Å². The topological polar surface area (TPSA) is 106 Å². The van der Waals surface area contributed by atoms with Crippen LogP contribution in [0.3, 0.4) is 0 Å². The van der Waals surface area contributed by atoms with Crippen molar-refractivity contribution in [3.8, 4) is 0 Å². The van der Waals surface area contributed by atoms with Crippen LogP contribution < -0.4 is 10.6 Å². The molecule has 2 amide bonds. The third-order valence-corrected chi connectivity index (χ3v) is 8.32. The van der Waals surface area contributed by atoms with Crippen molar-refractivity contribution < 1.29 is 28.6 Å². The summed E-state index contributed by atoms with van der Waals surface area (Å²) in [5.41, 5.74) is 1.86. The third kappa shape index (κ3) is 10.3. The Kier molecular flexibility index (Phi) is 13.5. The molecular weight excluding hydrogens is 558 g/mol. The zero-order chi connectivity index (χ0) is 31.1. The normalized spacial score (nSPS) is 18.3. The summed E-state index contributed by atoms with van der Waals surface area (Å²) in [6.07, 6.45) is 6.72. The predicted molar refractivity (Wildman–Crippen MR) is 170 cm³/mol. The molecule has 1 heterocycles. The molecule has 9 heteroatoms. The van der Waals surface area contributed by atoms with Gasteiger partial charge in [-0.2, -0.15) is 0 Å². The first-order valence-electron chi connectivity index (χ1n) is 16.4. The summed E-state index contributed by atoms with van der Waals surface area (Å²) in [6, 6.07) is 16.5. The highest BCUT2D eigenvalue weighted by atomic mass is 16.7. The second-order valence-electron chi connectivity index (χ2n) is 11.9. The number of amides is 2. The minimum Gasteiger partial charge on any atom is -0.428 e. The fourth-order valence-corrected chi connectivity index (χ4v) is 5.97. The molecule has 1 aliphatic carbocycles. The standard InChI is InChI=1S/C35H49N3O6/c1-3-19-38(20-4-2)34(40)28-15-11-14-27(23-28)33(39)37-31(22-26-12-7-5-8-13-26)32(24-36-29-16-9-6-10-17-29)44-35(41)43-30-18-21-42-25-30/h5,7-8,11-15,23,29-32,36H,3-4,6,9-10,16-22,24-25H2,1-2H3,(H,37,39)/t30?,31-,32+/m0/s1. The highest BCUT2D eigenvalue weighted by Crippen LogP contribution is 2.19. The molecule has 2 N–H and O–H groups in total. The number of hydrogen-bond donors (Lipinski definition) is 2. The summed E-state index contributed by atoms with van der Waals surface area (Å²) in [6.45, 7) is 6.70. The second kappa shape index (κ2) is 17.8. The van der Waals surface area contributed by atoms with Crippen molar-refractivity contribution in [1.29, 1.82) is 0 Å². The van der Waals surface area contributed by atoms with Gasteiger partial charge in [0.2, 0.25) is 0 Å². The Morgan fingerprint density at radius 3 is 2.34 bits per heavy atom. The molecule has 2 fully saturated rings. The summed E-state index contributed by atoms with van der Waals surface area (Å²) in [4.78, 5) is 41.9. The zero-order valence-corrected chi connectivity index (χ0v) is 26.3. The maximum atomic E-state index is 13.8. The maximum absolute atomic E-state index is 13.8. The van der Waals surface area contributed by atoms with Crippen molar-refractivity contribution in [2.75, 3.05) is 32.8 Å². The molecule has 9 nitrogen and oxygen atoms in total. The van der Waals surface area contributed by atoms with Gasteiger partial charge < -0.3 is 29.7 Å². The van der Waals surface area contributed by atoms with Gasteiger partial charge in [0.15, 0.2) is 0 Å². The molecular formula is C35H49N3O6. The molecule has 1 unspecified atom stereocenters. The van der Waals surface area contributed by atoms with Crippen LogP contribution >= 0.6 is 0 Å². The number of benzene rings is 2. The van der Waals surface area contributed by atoms with Gasteiger partial charge in [-0.05, 0) is 55.9 Å². The van der Waals surface area contributed by atoms with Crippen LogP contribution in [-0.2, 0) is 20.6 Å². The van der Waals surface area contributed by atoms with Crippen LogP contribution in [0.4, 0.5) is 4.79 Å². The predicted octanol–water partition coefficient (Wildman–Crippen LogP) is 5.52. The summed E-state index contributed by atoms with van der Waals surface area (Å²) in [7, 11) is 0. The van der Waals surface area contributed by atoms with Gasteiger partial charge in [0.25, 0.3) is 11.8 Å². The summed E-state index contributed by atoms with van der Waals surface area (Å²) >= 11 is 0. The minimum atomic E-state index is -0.761. The lowest BCUT2D eigenvalue weighted by molar-refractivity contribution is -0.0139. The van der Waals surface area contributed by atoms with Crippen molar-refractivity contribution in [2.24, 2.45) is 0 Å². The molecule has 1 saturated carbocycles. The van der Waals surface area contributed by atoms with E-state index in [1.165, 1.54) is 19.3 Å². The highest BCUT2D eigenvalue weighted by Gasteiger charge is 2.31. The summed E-state index contributed by atoms with van der Waals surface area (Å²) < 4.78 is 16.9. The lowest BCUT2D eigenvalue weighted by Crippen LogP contribution is -2.52. The highest BCUT2D eigenvalue weighted by molar-refractivity contribution is 5.99. The fourth-order valence-electron chi connectivity index (χ4n) is 5.97. The molecule has 3 atom stereocenters. The number of nitrogens with one attached hydrogen (secondary N) is 2. The van der Waals surface area contributed by atoms with Gasteiger partial charge in [-0.3, -0.25) is 9.59 Å². The Morgan fingerprint density at radius 2 is 1.66 bits per heavy atom. The second-order valence-corrected chi connectivity index (χ2v) is 11.9. The molecule has 0 spiro atoms. The Labute approximate surface area is 262 Å². The smallest absolute Gasteiger partial charge is 0.428 e.